The zero-order valence-electron chi connectivity index (χ0n) is 20.9. The molecule has 1 aliphatic heterocycles. The van der Waals surface area contributed by atoms with Crippen molar-refractivity contribution in [3.05, 3.63) is 58.7 Å². The number of para-hydroxylation sites is 2. The summed E-state index contributed by atoms with van der Waals surface area (Å²) in [5.74, 6) is 2.69. The predicted octanol–water partition coefficient (Wildman–Crippen LogP) is 7.62. The van der Waals surface area contributed by atoms with Gasteiger partial charge in [-0.3, -0.25) is 0 Å². The van der Waals surface area contributed by atoms with Crippen LogP contribution in [-0.4, -0.2) is 27.7 Å². The van der Waals surface area contributed by atoms with Crippen molar-refractivity contribution in [1.82, 2.24) is 0 Å². The van der Waals surface area contributed by atoms with Crippen LogP contribution in [0.5, 0.6) is 0 Å². The van der Waals surface area contributed by atoms with Gasteiger partial charge in [-0.05, 0) is 27.9 Å². The van der Waals surface area contributed by atoms with E-state index in [9.17, 15) is 0 Å². The van der Waals surface area contributed by atoms with Crippen LogP contribution in [0.25, 0.3) is 0 Å². The molecule has 0 unspecified atom stereocenters. The zero-order valence-corrected chi connectivity index (χ0v) is 22.5. The normalized spacial score (nSPS) is 14.6. The van der Waals surface area contributed by atoms with E-state index in [0.29, 0.717) is 27.9 Å². The summed E-state index contributed by atoms with van der Waals surface area (Å²) in [5, 5.41) is 0. The van der Waals surface area contributed by atoms with E-state index in [-0.39, 0.29) is 0 Å². The largest absolute Gasteiger partial charge is 0.421 e. The Hall–Kier alpha value is -1.78. The molecule has 0 saturated carbocycles. The summed E-state index contributed by atoms with van der Waals surface area (Å²) in [5.41, 5.74) is 8.06. The van der Waals surface area contributed by atoms with Crippen molar-refractivity contribution in [2.24, 2.45) is 0 Å². The molecule has 0 aromatic heterocycles. The topological polar surface area (TPSA) is 6.25 Å². The van der Waals surface area contributed by atoms with Crippen molar-refractivity contribution < 1.29 is 4.58 Å². The van der Waals surface area contributed by atoms with E-state index >= 15 is 0 Å². The van der Waals surface area contributed by atoms with Crippen LogP contribution in [0.1, 0.15) is 101 Å². The second-order valence-electron chi connectivity index (χ2n) is 10.1. The molecular formula is C28H38N2S2. The Bertz CT molecular complexity index is 979. The summed E-state index contributed by atoms with van der Waals surface area (Å²) in [6.45, 7) is 19.9. The fourth-order valence-electron chi connectivity index (χ4n) is 4.86. The molecule has 2 aromatic rings. The van der Waals surface area contributed by atoms with Crippen LogP contribution < -0.4 is 4.90 Å². The molecule has 0 saturated heterocycles. The molecule has 1 aliphatic rings. The molecule has 1 heterocycles. The summed E-state index contributed by atoms with van der Waals surface area (Å²) in [4.78, 5) is 2.42. The van der Waals surface area contributed by atoms with Crippen LogP contribution in [0, 0.1) is 0 Å². The van der Waals surface area contributed by atoms with E-state index in [4.69, 9.17) is 24.8 Å². The Morgan fingerprint density at radius 3 is 1.56 bits per heavy atom. The molecule has 0 fully saturated rings. The highest BCUT2D eigenvalue weighted by atomic mass is 32.1. The van der Waals surface area contributed by atoms with Gasteiger partial charge in [0.05, 0.1) is 0 Å². The molecular weight excluding hydrogens is 428 g/mol. The Morgan fingerprint density at radius 1 is 0.781 bits per heavy atom. The highest BCUT2D eigenvalue weighted by Crippen LogP contribution is 2.40. The van der Waals surface area contributed by atoms with E-state index < -0.39 is 0 Å². The summed E-state index contributed by atoms with van der Waals surface area (Å²) < 4.78 is 2.96. The fraction of sp³-hybridized carbons (Fsp3) is 0.500. The first-order valence-electron chi connectivity index (χ1n) is 11.9. The third kappa shape index (κ3) is 4.63. The van der Waals surface area contributed by atoms with Gasteiger partial charge in [0.2, 0.25) is 0 Å². The highest BCUT2D eigenvalue weighted by molar-refractivity contribution is 8.03. The number of hydrogen-bond acceptors (Lipinski definition) is 3. The van der Waals surface area contributed by atoms with E-state index in [2.05, 4.69) is 101 Å². The van der Waals surface area contributed by atoms with Gasteiger partial charge in [-0.1, -0.05) is 91.8 Å². The maximum Gasteiger partial charge on any atom is 0.270 e. The molecule has 0 bridgehead atoms. The minimum atomic E-state index is 0.423. The van der Waals surface area contributed by atoms with Crippen LogP contribution in [0.3, 0.4) is 0 Å². The van der Waals surface area contributed by atoms with Gasteiger partial charge in [0.15, 0.2) is 0 Å². The van der Waals surface area contributed by atoms with Crippen molar-refractivity contribution >= 4 is 46.3 Å². The molecule has 0 radical (unpaired) electrons. The number of rotatable bonds is 7. The van der Waals surface area contributed by atoms with Crippen molar-refractivity contribution in [2.75, 3.05) is 18.0 Å². The first kappa shape index (κ1) is 24.9. The van der Waals surface area contributed by atoms with Crippen molar-refractivity contribution in [3.8, 4) is 0 Å². The lowest BCUT2D eigenvalue weighted by Gasteiger charge is -2.25. The van der Waals surface area contributed by atoms with Gasteiger partial charge in [-0.25, -0.2) is 9.48 Å². The molecule has 4 heteroatoms. The van der Waals surface area contributed by atoms with Crippen LogP contribution in [-0.2, 0) is 12.6 Å². The molecule has 2 aromatic carbocycles. The highest BCUT2D eigenvalue weighted by Gasteiger charge is 2.37. The third-order valence-electron chi connectivity index (χ3n) is 6.47. The molecule has 0 atom stereocenters. The number of benzene rings is 2. The molecule has 3 rings (SSSR count). The summed E-state index contributed by atoms with van der Waals surface area (Å²) >= 11 is 11.5. The zero-order chi connectivity index (χ0) is 23.7. The summed E-state index contributed by atoms with van der Waals surface area (Å²) in [7, 11) is 0. The third-order valence-corrected chi connectivity index (χ3v) is 6.83. The quantitative estimate of drug-likeness (QED) is 0.235. The van der Waals surface area contributed by atoms with E-state index in [0.717, 1.165) is 18.9 Å². The lowest BCUT2D eigenvalue weighted by atomic mass is 9.92. The van der Waals surface area contributed by atoms with E-state index in [1.807, 2.05) is 0 Å². The minimum Gasteiger partial charge on any atom is -0.421 e. The molecule has 0 N–H and O–H groups in total. The smallest absolute Gasteiger partial charge is 0.270 e. The number of amidine groups is 1. The van der Waals surface area contributed by atoms with E-state index in [1.165, 1.54) is 33.6 Å². The monoisotopic (exact) mass is 466 g/mol. The lowest BCUT2D eigenvalue weighted by Crippen LogP contribution is -2.35. The van der Waals surface area contributed by atoms with Gasteiger partial charge in [0.1, 0.15) is 24.5 Å². The summed E-state index contributed by atoms with van der Waals surface area (Å²) in [6.07, 6.45) is 0. The Morgan fingerprint density at radius 2 is 1.19 bits per heavy atom. The van der Waals surface area contributed by atoms with Gasteiger partial charge in [-0.2, -0.15) is 0 Å². The van der Waals surface area contributed by atoms with Crippen LogP contribution in [0.15, 0.2) is 36.4 Å². The number of hydrogen-bond donors (Lipinski definition) is 0. The van der Waals surface area contributed by atoms with Gasteiger partial charge < -0.3 is 24.8 Å². The second-order valence-corrected chi connectivity index (χ2v) is 11.2. The fourth-order valence-corrected chi connectivity index (χ4v) is 5.30. The van der Waals surface area contributed by atoms with Crippen LogP contribution in [0.2, 0.25) is 0 Å². The van der Waals surface area contributed by atoms with Crippen molar-refractivity contribution in [2.45, 2.75) is 79.1 Å². The van der Waals surface area contributed by atoms with E-state index in [1.54, 1.807) is 0 Å². The first-order chi connectivity index (χ1) is 15.1. The molecule has 2 nitrogen and oxygen atoms in total. The Kier molecular flexibility index (Phi) is 7.77. The predicted molar refractivity (Wildman–Crippen MR) is 146 cm³/mol. The molecule has 32 heavy (non-hydrogen) atoms. The number of nitrogens with zero attached hydrogens (tertiary/aromatic N) is 2. The summed E-state index contributed by atoms with van der Waals surface area (Å²) in [6, 6.07) is 13.4. The van der Waals surface area contributed by atoms with Gasteiger partial charge in [0, 0.05) is 22.3 Å². The van der Waals surface area contributed by atoms with Gasteiger partial charge in [0.25, 0.3) is 5.84 Å². The number of anilines is 1. The lowest BCUT2D eigenvalue weighted by molar-refractivity contribution is -0.428. The molecule has 172 valence electrons. The molecule has 0 amide bonds. The Labute approximate surface area is 206 Å². The Balaban J connectivity index is 2.34. The van der Waals surface area contributed by atoms with Crippen molar-refractivity contribution in [1.29, 1.82) is 0 Å². The number of thiocarbonyl (C=S) groups is 1. The minimum absolute atomic E-state index is 0.423. The molecule has 0 aliphatic carbocycles. The van der Waals surface area contributed by atoms with Gasteiger partial charge in [-0.15, -0.1) is 0 Å². The molecule has 0 spiro atoms. The maximum atomic E-state index is 5.74. The second kappa shape index (κ2) is 10.0. The maximum absolute atomic E-state index is 5.74. The van der Waals surface area contributed by atoms with Crippen LogP contribution in [0.4, 0.5) is 11.4 Å². The standard InChI is InChI=1S/C28H38N2S2/c1-17(2)21-11-9-12-22(18(3)4)25(21)29-15-16-30(27(29)28(31)32)26-23(19(5)6)13-10-14-24(26)20(7)8/h9-14,17-20H,15-16H2,1-8H3. The van der Waals surface area contributed by atoms with Crippen molar-refractivity contribution in [3.63, 3.8) is 0 Å². The van der Waals surface area contributed by atoms with Crippen LogP contribution >= 0.6 is 12.2 Å². The average molecular weight is 467 g/mol. The average Bonchev–Trinajstić information content (AvgIpc) is 3.17. The van der Waals surface area contributed by atoms with Gasteiger partial charge >= 0.3 is 0 Å². The first-order valence-corrected chi connectivity index (χ1v) is 12.8. The SMILES string of the molecule is CC(C)c1cccc(C(C)C)c1N1CC[N+](c2c(C(C)C)cccc2C(C)C)=C1C(=S)[S-].